The molecular formula is C15H18N2O. The molecule has 3 nitrogen and oxygen atoms in total. The van der Waals surface area contributed by atoms with Gasteiger partial charge in [-0.25, -0.2) is 5.43 Å². The number of benzene rings is 2. The van der Waals surface area contributed by atoms with Crippen LogP contribution in [0.25, 0.3) is 0 Å². The van der Waals surface area contributed by atoms with Crippen molar-refractivity contribution in [3.63, 3.8) is 0 Å². The van der Waals surface area contributed by atoms with E-state index in [1.54, 1.807) is 12.1 Å². The number of hydrazine groups is 1. The van der Waals surface area contributed by atoms with Gasteiger partial charge in [0.1, 0.15) is 5.75 Å². The number of hydrogen-bond acceptors (Lipinski definition) is 3. The average molecular weight is 242 g/mol. The molecule has 0 radical (unpaired) electrons. The summed E-state index contributed by atoms with van der Waals surface area (Å²) in [5.74, 6) is 0.324. The predicted octanol–water partition coefficient (Wildman–Crippen LogP) is 3.13. The van der Waals surface area contributed by atoms with Crippen molar-refractivity contribution >= 4 is 5.69 Å². The van der Waals surface area contributed by atoms with Gasteiger partial charge in [0.25, 0.3) is 0 Å². The summed E-state index contributed by atoms with van der Waals surface area (Å²) >= 11 is 0. The molecule has 0 unspecified atom stereocenters. The van der Waals surface area contributed by atoms with Crippen LogP contribution in [0, 0.1) is 13.8 Å². The largest absolute Gasteiger partial charge is 0.508 e. The van der Waals surface area contributed by atoms with Crippen molar-refractivity contribution in [3.05, 3.63) is 59.2 Å². The Balaban J connectivity index is 1.99. The van der Waals surface area contributed by atoms with Crippen molar-refractivity contribution in [1.29, 1.82) is 0 Å². The number of hydrogen-bond donors (Lipinski definition) is 3. The first-order valence-corrected chi connectivity index (χ1v) is 6.00. The van der Waals surface area contributed by atoms with E-state index >= 15 is 0 Å². The Morgan fingerprint density at radius 2 is 1.61 bits per heavy atom. The molecule has 0 heterocycles. The maximum Gasteiger partial charge on any atom is 0.116 e. The highest BCUT2D eigenvalue weighted by Crippen LogP contribution is 2.20. The fourth-order valence-electron chi connectivity index (χ4n) is 2.01. The summed E-state index contributed by atoms with van der Waals surface area (Å²) in [4.78, 5) is 0. The molecule has 0 spiro atoms. The molecular weight excluding hydrogens is 224 g/mol. The van der Waals surface area contributed by atoms with E-state index in [9.17, 15) is 5.11 Å². The molecule has 0 aliphatic carbocycles. The van der Waals surface area contributed by atoms with Gasteiger partial charge in [-0.3, -0.25) is 0 Å². The van der Waals surface area contributed by atoms with Crippen molar-refractivity contribution in [1.82, 2.24) is 5.43 Å². The Bertz CT molecular complexity index is 500. The second-order valence-electron chi connectivity index (χ2n) is 4.40. The molecule has 0 bridgehead atoms. The number of para-hydroxylation sites is 1. The number of rotatable bonds is 4. The van der Waals surface area contributed by atoms with Gasteiger partial charge in [0.05, 0.1) is 0 Å². The highest BCUT2D eigenvalue weighted by Gasteiger charge is 2.04. The monoisotopic (exact) mass is 242 g/mol. The molecule has 0 amide bonds. The predicted molar refractivity (Wildman–Crippen MR) is 74.5 cm³/mol. The van der Waals surface area contributed by atoms with Gasteiger partial charge in [-0.15, -0.1) is 0 Å². The summed E-state index contributed by atoms with van der Waals surface area (Å²) in [7, 11) is 0. The van der Waals surface area contributed by atoms with E-state index in [2.05, 4.69) is 10.9 Å². The van der Waals surface area contributed by atoms with Crippen LogP contribution in [0.1, 0.15) is 16.7 Å². The van der Waals surface area contributed by atoms with Gasteiger partial charge in [-0.1, -0.05) is 18.2 Å². The van der Waals surface area contributed by atoms with Gasteiger partial charge >= 0.3 is 0 Å². The van der Waals surface area contributed by atoms with Gasteiger partial charge in [0, 0.05) is 12.2 Å². The second kappa shape index (κ2) is 5.56. The van der Waals surface area contributed by atoms with Gasteiger partial charge in [0.2, 0.25) is 0 Å². The summed E-state index contributed by atoms with van der Waals surface area (Å²) in [6.45, 7) is 4.73. The summed E-state index contributed by atoms with van der Waals surface area (Å²) in [6, 6.07) is 13.5. The fraction of sp³-hybridized carbons (Fsp3) is 0.200. The van der Waals surface area contributed by atoms with E-state index in [4.69, 9.17) is 0 Å². The minimum Gasteiger partial charge on any atom is -0.508 e. The summed E-state index contributed by atoms with van der Waals surface area (Å²) in [6.07, 6.45) is 0. The standard InChI is InChI=1S/C15H18N2O/c1-11-8-14(18)9-12(2)15(11)10-16-17-13-6-4-3-5-7-13/h3-9,16-18H,10H2,1-2H3. The highest BCUT2D eigenvalue weighted by molar-refractivity contribution is 5.43. The summed E-state index contributed by atoms with van der Waals surface area (Å²) < 4.78 is 0. The molecule has 0 aromatic heterocycles. The number of phenolic OH excluding ortho intramolecular Hbond substituents is 1. The van der Waals surface area contributed by atoms with Crippen molar-refractivity contribution < 1.29 is 5.11 Å². The minimum atomic E-state index is 0.324. The molecule has 2 aromatic carbocycles. The molecule has 94 valence electrons. The van der Waals surface area contributed by atoms with Gasteiger partial charge < -0.3 is 10.5 Å². The Morgan fingerprint density at radius 3 is 2.22 bits per heavy atom. The zero-order valence-corrected chi connectivity index (χ0v) is 10.7. The molecule has 2 rings (SSSR count). The molecule has 3 heteroatoms. The average Bonchev–Trinajstić information content (AvgIpc) is 2.34. The first-order chi connectivity index (χ1) is 8.66. The van der Waals surface area contributed by atoms with Gasteiger partial charge in [0.15, 0.2) is 0 Å². The van der Waals surface area contributed by atoms with Crippen molar-refractivity contribution in [2.45, 2.75) is 20.4 Å². The smallest absolute Gasteiger partial charge is 0.116 e. The minimum absolute atomic E-state index is 0.324. The number of aryl methyl sites for hydroxylation is 2. The normalized spacial score (nSPS) is 10.3. The zero-order chi connectivity index (χ0) is 13.0. The lowest BCUT2D eigenvalue weighted by molar-refractivity contribution is 0.474. The third-order valence-electron chi connectivity index (χ3n) is 2.95. The quantitative estimate of drug-likeness (QED) is 0.722. The maximum atomic E-state index is 9.49. The topological polar surface area (TPSA) is 44.3 Å². The first-order valence-electron chi connectivity index (χ1n) is 6.00. The van der Waals surface area contributed by atoms with E-state index in [-0.39, 0.29) is 0 Å². The van der Waals surface area contributed by atoms with Crippen LogP contribution < -0.4 is 10.9 Å². The number of nitrogens with one attached hydrogen (secondary N) is 2. The number of phenols is 1. The Morgan fingerprint density at radius 1 is 1.00 bits per heavy atom. The van der Waals surface area contributed by atoms with E-state index in [0.29, 0.717) is 12.3 Å². The van der Waals surface area contributed by atoms with E-state index < -0.39 is 0 Å². The van der Waals surface area contributed by atoms with Crippen LogP contribution in [-0.2, 0) is 6.54 Å². The fourth-order valence-corrected chi connectivity index (χ4v) is 2.01. The zero-order valence-electron chi connectivity index (χ0n) is 10.7. The van der Waals surface area contributed by atoms with Crippen molar-refractivity contribution in [2.75, 3.05) is 5.43 Å². The highest BCUT2D eigenvalue weighted by atomic mass is 16.3. The molecule has 0 aliphatic rings. The Labute approximate surface area is 107 Å². The van der Waals surface area contributed by atoms with Crippen LogP contribution in [0.5, 0.6) is 5.75 Å². The lowest BCUT2D eigenvalue weighted by Crippen LogP contribution is -2.21. The van der Waals surface area contributed by atoms with Gasteiger partial charge in [-0.05, 0) is 54.8 Å². The molecule has 3 N–H and O–H groups in total. The van der Waals surface area contributed by atoms with Crippen LogP contribution in [-0.4, -0.2) is 5.11 Å². The molecule has 0 atom stereocenters. The summed E-state index contributed by atoms with van der Waals surface area (Å²) in [5.41, 5.74) is 10.8. The van der Waals surface area contributed by atoms with Crippen LogP contribution >= 0.6 is 0 Å². The molecule has 0 fully saturated rings. The van der Waals surface area contributed by atoms with Crippen molar-refractivity contribution in [3.8, 4) is 5.75 Å². The Kier molecular flexibility index (Phi) is 3.85. The van der Waals surface area contributed by atoms with Crippen LogP contribution in [0.15, 0.2) is 42.5 Å². The van der Waals surface area contributed by atoms with Crippen LogP contribution in [0.2, 0.25) is 0 Å². The lowest BCUT2D eigenvalue weighted by atomic mass is 10.0. The molecule has 2 aromatic rings. The summed E-state index contributed by atoms with van der Waals surface area (Å²) in [5, 5.41) is 9.49. The second-order valence-corrected chi connectivity index (χ2v) is 4.40. The number of anilines is 1. The first kappa shape index (κ1) is 12.5. The lowest BCUT2D eigenvalue weighted by Gasteiger charge is -2.13. The number of aromatic hydroxyl groups is 1. The Hall–Kier alpha value is -2.00. The van der Waals surface area contributed by atoms with Crippen LogP contribution in [0.4, 0.5) is 5.69 Å². The third-order valence-corrected chi connectivity index (χ3v) is 2.95. The molecule has 0 saturated heterocycles. The van der Waals surface area contributed by atoms with Crippen LogP contribution in [0.3, 0.4) is 0 Å². The SMILES string of the molecule is Cc1cc(O)cc(C)c1CNNc1ccccc1. The maximum absolute atomic E-state index is 9.49. The van der Waals surface area contributed by atoms with Gasteiger partial charge in [-0.2, -0.15) is 0 Å². The van der Waals surface area contributed by atoms with Crippen molar-refractivity contribution in [2.24, 2.45) is 0 Å². The molecule has 18 heavy (non-hydrogen) atoms. The van der Waals surface area contributed by atoms with E-state index in [1.807, 2.05) is 44.2 Å². The van der Waals surface area contributed by atoms with E-state index in [0.717, 1.165) is 16.8 Å². The molecule has 0 aliphatic heterocycles. The third kappa shape index (κ3) is 3.02. The molecule has 0 saturated carbocycles. The van der Waals surface area contributed by atoms with E-state index in [1.165, 1.54) is 5.56 Å².